The minimum absolute atomic E-state index is 0.00963. The van der Waals surface area contributed by atoms with Crippen LogP contribution in [-0.4, -0.2) is 34.7 Å². The zero-order chi connectivity index (χ0) is 13.3. The van der Waals surface area contributed by atoms with Crippen molar-refractivity contribution in [1.29, 1.82) is 0 Å². The van der Waals surface area contributed by atoms with Gasteiger partial charge in [0.15, 0.2) is 0 Å². The molecule has 0 aromatic heterocycles. The highest BCUT2D eigenvalue weighted by Crippen LogP contribution is 2.29. The SMILES string of the molecule is CC1(C)C(=O)NC(=O)CN1C(=O)CC1CCCC1. The number of hydrogen-bond acceptors (Lipinski definition) is 3. The largest absolute Gasteiger partial charge is 0.319 e. The van der Waals surface area contributed by atoms with Gasteiger partial charge in [0.1, 0.15) is 12.1 Å². The summed E-state index contributed by atoms with van der Waals surface area (Å²) >= 11 is 0. The maximum atomic E-state index is 12.3. The van der Waals surface area contributed by atoms with Crippen LogP contribution in [0.2, 0.25) is 0 Å². The average Bonchev–Trinajstić information content (AvgIpc) is 2.76. The Labute approximate surface area is 107 Å². The molecule has 1 saturated heterocycles. The van der Waals surface area contributed by atoms with E-state index in [1.165, 1.54) is 17.7 Å². The molecule has 100 valence electrons. The molecule has 0 aromatic rings. The van der Waals surface area contributed by atoms with Gasteiger partial charge in [0.25, 0.3) is 5.91 Å². The van der Waals surface area contributed by atoms with Gasteiger partial charge in [0.05, 0.1) is 0 Å². The third-order valence-corrected chi connectivity index (χ3v) is 4.02. The fraction of sp³-hybridized carbons (Fsp3) is 0.769. The van der Waals surface area contributed by atoms with Crippen molar-refractivity contribution in [3.8, 4) is 0 Å². The summed E-state index contributed by atoms with van der Waals surface area (Å²) in [5, 5.41) is 2.28. The second-order valence-corrected chi connectivity index (χ2v) is 5.77. The summed E-state index contributed by atoms with van der Waals surface area (Å²) in [7, 11) is 0. The lowest BCUT2D eigenvalue weighted by atomic mass is 9.96. The second-order valence-electron chi connectivity index (χ2n) is 5.77. The van der Waals surface area contributed by atoms with Crippen LogP contribution in [0.1, 0.15) is 46.0 Å². The van der Waals surface area contributed by atoms with Gasteiger partial charge in [-0.15, -0.1) is 0 Å². The van der Waals surface area contributed by atoms with Crippen LogP contribution in [0.15, 0.2) is 0 Å². The summed E-state index contributed by atoms with van der Waals surface area (Å²) in [5.41, 5.74) is -0.927. The smallest absolute Gasteiger partial charge is 0.252 e. The van der Waals surface area contributed by atoms with E-state index in [1.54, 1.807) is 13.8 Å². The highest BCUT2D eigenvalue weighted by molar-refractivity contribution is 6.06. The van der Waals surface area contributed by atoms with Gasteiger partial charge in [-0.1, -0.05) is 12.8 Å². The Hall–Kier alpha value is -1.39. The third kappa shape index (κ3) is 2.40. The van der Waals surface area contributed by atoms with Crippen molar-refractivity contribution in [3.63, 3.8) is 0 Å². The Bertz CT molecular complexity index is 384. The van der Waals surface area contributed by atoms with E-state index >= 15 is 0 Å². The number of rotatable bonds is 2. The molecule has 5 nitrogen and oxygen atoms in total. The summed E-state index contributed by atoms with van der Waals surface area (Å²) in [6.07, 6.45) is 4.99. The van der Waals surface area contributed by atoms with E-state index in [2.05, 4.69) is 5.32 Å². The van der Waals surface area contributed by atoms with Crippen LogP contribution in [0, 0.1) is 5.92 Å². The maximum Gasteiger partial charge on any atom is 0.252 e. The molecule has 1 aliphatic carbocycles. The zero-order valence-electron chi connectivity index (χ0n) is 11.0. The number of amides is 3. The minimum Gasteiger partial charge on any atom is -0.319 e. The Morgan fingerprint density at radius 1 is 1.33 bits per heavy atom. The molecule has 5 heteroatoms. The van der Waals surface area contributed by atoms with Crippen LogP contribution < -0.4 is 5.32 Å². The van der Waals surface area contributed by atoms with E-state index in [0.717, 1.165) is 12.8 Å². The van der Waals surface area contributed by atoms with E-state index in [-0.39, 0.29) is 18.4 Å². The van der Waals surface area contributed by atoms with Gasteiger partial charge in [0.2, 0.25) is 11.8 Å². The molecule has 1 heterocycles. The number of hydrogen-bond donors (Lipinski definition) is 1. The predicted octanol–water partition coefficient (Wildman–Crippen LogP) is 0.830. The van der Waals surface area contributed by atoms with E-state index in [4.69, 9.17) is 0 Å². The van der Waals surface area contributed by atoms with Crippen molar-refractivity contribution in [1.82, 2.24) is 10.2 Å². The van der Waals surface area contributed by atoms with Gasteiger partial charge in [-0.25, -0.2) is 0 Å². The fourth-order valence-electron chi connectivity index (χ4n) is 2.75. The maximum absolute atomic E-state index is 12.3. The molecule has 1 N–H and O–H groups in total. The van der Waals surface area contributed by atoms with Crippen LogP contribution in [-0.2, 0) is 14.4 Å². The van der Waals surface area contributed by atoms with Crippen molar-refractivity contribution in [2.75, 3.05) is 6.54 Å². The molecular weight excluding hydrogens is 232 g/mol. The quantitative estimate of drug-likeness (QED) is 0.740. The molecule has 2 fully saturated rings. The first-order chi connectivity index (χ1) is 8.41. The van der Waals surface area contributed by atoms with Gasteiger partial charge < -0.3 is 4.90 Å². The molecule has 0 unspecified atom stereocenters. The molecule has 0 bridgehead atoms. The number of carbonyl (C=O) groups is 3. The summed E-state index contributed by atoms with van der Waals surface area (Å²) in [6, 6.07) is 0. The molecule has 3 amide bonds. The second kappa shape index (κ2) is 4.71. The van der Waals surface area contributed by atoms with Gasteiger partial charge in [-0.05, 0) is 32.6 Å². The molecule has 18 heavy (non-hydrogen) atoms. The molecule has 0 aromatic carbocycles. The van der Waals surface area contributed by atoms with Crippen LogP contribution in [0.25, 0.3) is 0 Å². The van der Waals surface area contributed by atoms with Crippen molar-refractivity contribution < 1.29 is 14.4 Å². The molecule has 1 aliphatic heterocycles. The predicted molar refractivity (Wildman–Crippen MR) is 65.5 cm³/mol. The van der Waals surface area contributed by atoms with E-state index < -0.39 is 11.4 Å². The number of nitrogens with zero attached hydrogens (tertiary/aromatic N) is 1. The molecule has 1 saturated carbocycles. The Morgan fingerprint density at radius 3 is 2.56 bits per heavy atom. The Kier molecular flexibility index (Phi) is 3.41. The van der Waals surface area contributed by atoms with Crippen molar-refractivity contribution in [3.05, 3.63) is 0 Å². The normalized spacial score (nSPS) is 24.2. The van der Waals surface area contributed by atoms with Crippen LogP contribution in [0.4, 0.5) is 0 Å². The van der Waals surface area contributed by atoms with E-state index in [9.17, 15) is 14.4 Å². The Balaban J connectivity index is 2.06. The first-order valence-electron chi connectivity index (χ1n) is 6.56. The summed E-state index contributed by atoms with van der Waals surface area (Å²) < 4.78 is 0. The van der Waals surface area contributed by atoms with Crippen molar-refractivity contribution in [2.24, 2.45) is 5.92 Å². The monoisotopic (exact) mass is 252 g/mol. The van der Waals surface area contributed by atoms with E-state index in [0.29, 0.717) is 12.3 Å². The van der Waals surface area contributed by atoms with Crippen LogP contribution in [0.5, 0.6) is 0 Å². The van der Waals surface area contributed by atoms with Gasteiger partial charge in [-0.3, -0.25) is 19.7 Å². The molecule has 2 aliphatic rings. The first kappa shape index (κ1) is 13.1. The zero-order valence-corrected chi connectivity index (χ0v) is 11.0. The van der Waals surface area contributed by atoms with Crippen LogP contribution in [0.3, 0.4) is 0 Å². The van der Waals surface area contributed by atoms with Crippen LogP contribution >= 0.6 is 0 Å². The highest BCUT2D eigenvalue weighted by atomic mass is 16.2. The topological polar surface area (TPSA) is 66.5 Å². The molecular formula is C13H20N2O3. The van der Waals surface area contributed by atoms with Gasteiger partial charge in [-0.2, -0.15) is 0 Å². The summed E-state index contributed by atoms with van der Waals surface area (Å²) in [6.45, 7) is 3.35. The lowest BCUT2D eigenvalue weighted by Gasteiger charge is -2.40. The number of piperazine rings is 1. The molecule has 2 rings (SSSR count). The van der Waals surface area contributed by atoms with E-state index in [1.807, 2.05) is 0 Å². The minimum atomic E-state index is -0.927. The van der Waals surface area contributed by atoms with Gasteiger partial charge >= 0.3 is 0 Å². The fourth-order valence-corrected chi connectivity index (χ4v) is 2.75. The molecule has 0 spiro atoms. The lowest BCUT2D eigenvalue weighted by molar-refractivity contribution is -0.156. The average molecular weight is 252 g/mol. The first-order valence-corrected chi connectivity index (χ1v) is 6.56. The summed E-state index contributed by atoms with van der Waals surface area (Å²) in [5.74, 6) is -0.430. The standard InChI is InChI=1S/C13H20N2O3/c1-13(2)12(18)14-10(16)8-15(13)11(17)7-9-5-3-4-6-9/h9H,3-8H2,1-2H3,(H,14,16,18). The molecule has 0 radical (unpaired) electrons. The van der Waals surface area contributed by atoms with Crippen molar-refractivity contribution in [2.45, 2.75) is 51.5 Å². The number of carbonyl (C=O) groups excluding carboxylic acids is 3. The number of nitrogens with one attached hydrogen (secondary N) is 1. The van der Waals surface area contributed by atoms with Crippen molar-refractivity contribution >= 4 is 17.7 Å². The third-order valence-electron chi connectivity index (χ3n) is 4.02. The molecule has 0 atom stereocenters. The van der Waals surface area contributed by atoms with Gasteiger partial charge in [0, 0.05) is 6.42 Å². The highest BCUT2D eigenvalue weighted by Gasteiger charge is 2.43. The Morgan fingerprint density at radius 2 is 1.94 bits per heavy atom. The number of imide groups is 1. The summed E-state index contributed by atoms with van der Waals surface area (Å²) in [4.78, 5) is 36.8. The lowest BCUT2D eigenvalue weighted by Crippen LogP contribution is -2.65.